The summed E-state index contributed by atoms with van der Waals surface area (Å²) in [4.78, 5) is 18.7. The summed E-state index contributed by atoms with van der Waals surface area (Å²) in [7, 11) is 0. The Morgan fingerprint density at radius 3 is 2.78 bits per heavy atom. The predicted octanol–water partition coefficient (Wildman–Crippen LogP) is 1.78. The highest BCUT2D eigenvalue weighted by Crippen LogP contribution is 2.29. The largest absolute Gasteiger partial charge is 0.338 e. The highest BCUT2D eigenvalue weighted by Gasteiger charge is 2.35. The van der Waals surface area contributed by atoms with Gasteiger partial charge in [-0.25, -0.2) is 9.67 Å². The summed E-state index contributed by atoms with van der Waals surface area (Å²) in [5.74, 6) is 0.0765. The van der Waals surface area contributed by atoms with Crippen LogP contribution in [-0.4, -0.2) is 44.7 Å². The molecule has 1 saturated heterocycles. The zero-order valence-corrected chi connectivity index (χ0v) is 13.9. The lowest BCUT2D eigenvalue weighted by molar-refractivity contribution is 0.0532. The number of benzene rings is 1. The van der Waals surface area contributed by atoms with Gasteiger partial charge in [0, 0.05) is 24.7 Å². The van der Waals surface area contributed by atoms with Crippen molar-refractivity contribution in [3.8, 4) is 5.69 Å². The fourth-order valence-corrected chi connectivity index (χ4v) is 3.09. The van der Waals surface area contributed by atoms with Crippen LogP contribution in [0.1, 0.15) is 36.2 Å². The van der Waals surface area contributed by atoms with E-state index in [-0.39, 0.29) is 17.4 Å². The van der Waals surface area contributed by atoms with Crippen molar-refractivity contribution in [3.63, 3.8) is 0 Å². The SMILES string of the molecule is Cc1cc(-n2cncn2)ccc1C(=O)N1CCC(N)C(C)(C)C1. The van der Waals surface area contributed by atoms with Gasteiger partial charge in [-0.3, -0.25) is 4.79 Å². The minimum absolute atomic E-state index is 0.0531. The van der Waals surface area contributed by atoms with Crippen molar-refractivity contribution in [3.05, 3.63) is 42.0 Å². The zero-order valence-electron chi connectivity index (χ0n) is 13.9. The van der Waals surface area contributed by atoms with Crippen LogP contribution in [0.3, 0.4) is 0 Å². The molecule has 23 heavy (non-hydrogen) atoms. The van der Waals surface area contributed by atoms with Crippen molar-refractivity contribution in [2.24, 2.45) is 11.1 Å². The molecule has 6 heteroatoms. The molecule has 1 aliphatic heterocycles. The number of nitrogens with two attached hydrogens (primary N) is 1. The van der Waals surface area contributed by atoms with Gasteiger partial charge in [-0.2, -0.15) is 5.10 Å². The van der Waals surface area contributed by atoms with E-state index in [4.69, 9.17) is 5.73 Å². The lowest BCUT2D eigenvalue weighted by Crippen LogP contribution is -2.54. The van der Waals surface area contributed by atoms with Crippen LogP contribution in [0.4, 0.5) is 0 Å². The third kappa shape index (κ3) is 2.99. The number of hydrogen-bond donors (Lipinski definition) is 1. The Bertz CT molecular complexity index is 708. The molecule has 1 aliphatic rings. The average molecular weight is 313 g/mol. The van der Waals surface area contributed by atoms with Crippen LogP contribution in [0.5, 0.6) is 0 Å². The third-order valence-electron chi connectivity index (χ3n) is 4.72. The van der Waals surface area contributed by atoms with Gasteiger partial charge in [-0.1, -0.05) is 13.8 Å². The van der Waals surface area contributed by atoms with Crippen LogP contribution < -0.4 is 5.73 Å². The molecule has 1 aromatic heterocycles. The number of amides is 1. The van der Waals surface area contributed by atoms with E-state index in [1.54, 1.807) is 11.0 Å². The molecule has 1 atom stereocenters. The van der Waals surface area contributed by atoms with Gasteiger partial charge in [-0.15, -0.1) is 0 Å². The second-order valence-electron chi connectivity index (χ2n) is 6.95. The van der Waals surface area contributed by atoms with Crippen LogP contribution in [0.2, 0.25) is 0 Å². The Morgan fingerprint density at radius 1 is 1.39 bits per heavy atom. The van der Waals surface area contributed by atoms with Crippen molar-refractivity contribution < 1.29 is 4.79 Å². The molecule has 0 spiro atoms. The first kappa shape index (κ1) is 15.7. The second kappa shape index (κ2) is 5.77. The monoisotopic (exact) mass is 313 g/mol. The molecule has 6 nitrogen and oxygen atoms in total. The van der Waals surface area contributed by atoms with Crippen LogP contribution >= 0.6 is 0 Å². The Labute approximate surface area is 136 Å². The molecule has 0 aliphatic carbocycles. The summed E-state index contributed by atoms with van der Waals surface area (Å²) in [6.45, 7) is 7.61. The Kier molecular flexibility index (Phi) is 3.93. The number of likely N-dealkylation sites (tertiary alicyclic amines) is 1. The van der Waals surface area contributed by atoms with E-state index in [9.17, 15) is 4.79 Å². The molecule has 1 fully saturated rings. The molecule has 3 rings (SSSR count). The maximum absolute atomic E-state index is 12.9. The maximum Gasteiger partial charge on any atom is 0.254 e. The molecule has 122 valence electrons. The highest BCUT2D eigenvalue weighted by molar-refractivity contribution is 5.96. The number of aryl methyl sites for hydroxylation is 1. The molecular formula is C17H23N5O. The summed E-state index contributed by atoms with van der Waals surface area (Å²) in [6.07, 6.45) is 3.98. The van der Waals surface area contributed by atoms with Crippen molar-refractivity contribution in [1.82, 2.24) is 19.7 Å². The highest BCUT2D eigenvalue weighted by atomic mass is 16.2. The smallest absolute Gasteiger partial charge is 0.254 e. The van der Waals surface area contributed by atoms with Crippen LogP contribution in [0.15, 0.2) is 30.9 Å². The Balaban J connectivity index is 1.83. The summed E-state index contributed by atoms with van der Waals surface area (Å²) in [6, 6.07) is 5.87. The van der Waals surface area contributed by atoms with E-state index in [2.05, 4.69) is 23.9 Å². The molecule has 0 radical (unpaired) electrons. The van der Waals surface area contributed by atoms with Gasteiger partial charge in [0.15, 0.2) is 0 Å². The fourth-order valence-electron chi connectivity index (χ4n) is 3.09. The second-order valence-corrected chi connectivity index (χ2v) is 6.95. The van der Waals surface area contributed by atoms with Crippen molar-refractivity contribution >= 4 is 5.91 Å². The number of hydrogen-bond acceptors (Lipinski definition) is 4. The molecule has 1 unspecified atom stereocenters. The number of rotatable bonds is 2. The summed E-state index contributed by atoms with van der Waals surface area (Å²) < 4.78 is 1.68. The number of carbonyl (C=O) groups excluding carboxylic acids is 1. The minimum atomic E-state index is -0.0531. The van der Waals surface area contributed by atoms with E-state index in [1.165, 1.54) is 6.33 Å². The first-order valence-corrected chi connectivity index (χ1v) is 7.89. The summed E-state index contributed by atoms with van der Waals surface area (Å²) >= 11 is 0. The van der Waals surface area contributed by atoms with E-state index in [1.807, 2.05) is 30.0 Å². The van der Waals surface area contributed by atoms with E-state index in [0.717, 1.165) is 23.2 Å². The molecule has 2 N–H and O–H groups in total. The Morgan fingerprint density at radius 2 is 2.17 bits per heavy atom. The topological polar surface area (TPSA) is 77.0 Å². The van der Waals surface area contributed by atoms with Gasteiger partial charge in [0.05, 0.1) is 5.69 Å². The normalized spacial score (nSPS) is 20.5. The van der Waals surface area contributed by atoms with Crippen molar-refractivity contribution in [1.29, 1.82) is 0 Å². The predicted molar refractivity (Wildman–Crippen MR) is 88.4 cm³/mol. The third-order valence-corrected chi connectivity index (χ3v) is 4.72. The van der Waals surface area contributed by atoms with E-state index < -0.39 is 0 Å². The number of carbonyl (C=O) groups is 1. The standard InChI is InChI=1S/C17H23N5O/c1-12-8-13(22-11-19-10-20-22)4-5-14(12)16(23)21-7-6-15(18)17(2,3)9-21/h4-5,8,10-11,15H,6-7,9,18H2,1-3H3. The molecule has 0 bridgehead atoms. The number of piperidine rings is 1. The molecule has 1 aromatic carbocycles. The first-order chi connectivity index (χ1) is 10.9. The van der Waals surface area contributed by atoms with Gasteiger partial charge < -0.3 is 10.6 Å². The van der Waals surface area contributed by atoms with Gasteiger partial charge in [0.1, 0.15) is 12.7 Å². The van der Waals surface area contributed by atoms with Crippen LogP contribution in [0.25, 0.3) is 5.69 Å². The summed E-state index contributed by atoms with van der Waals surface area (Å²) in [5, 5.41) is 4.12. The number of nitrogens with zero attached hydrogens (tertiary/aromatic N) is 4. The average Bonchev–Trinajstić information content (AvgIpc) is 3.03. The quantitative estimate of drug-likeness (QED) is 0.917. The maximum atomic E-state index is 12.9. The summed E-state index contributed by atoms with van der Waals surface area (Å²) in [5.41, 5.74) is 8.69. The fraction of sp³-hybridized carbons (Fsp3) is 0.471. The van der Waals surface area contributed by atoms with E-state index in [0.29, 0.717) is 13.1 Å². The van der Waals surface area contributed by atoms with Gasteiger partial charge in [-0.05, 0) is 42.5 Å². The van der Waals surface area contributed by atoms with Gasteiger partial charge >= 0.3 is 0 Å². The molecular weight excluding hydrogens is 290 g/mol. The number of aromatic nitrogens is 3. The van der Waals surface area contributed by atoms with Gasteiger partial charge in [0.2, 0.25) is 0 Å². The molecule has 2 aromatic rings. The van der Waals surface area contributed by atoms with Crippen molar-refractivity contribution in [2.75, 3.05) is 13.1 Å². The molecule has 0 saturated carbocycles. The lowest BCUT2D eigenvalue weighted by atomic mass is 9.79. The zero-order chi connectivity index (χ0) is 16.6. The first-order valence-electron chi connectivity index (χ1n) is 7.89. The molecule has 2 heterocycles. The van der Waals surface area contributed by atoms with Crippen LogP contribution in [0, 0.1) is 12.3 Å². The minimum Gasteiger partial charge on any atom is -0.338 e. The van der Waals surface area contributed by atoms with Crippen LogP contribution in [-0.2, 0) is 0 Å². The lowest BCUT2D eigenvalue weighted by Gasteiger charge is -2.42. The van der Waals surface area contributed by atoms with E-state index >= 15 is 0 Å². The molecule has 1 amide bonds. The van der Waals surface area contributed by atoms with Gasteiger partial charge in [0.25, 0.3) is 5.91 Å². The van der Waals surface area contributed by atoms with Crippen molar-refractivity contribution in [2.45, 2.75) is 33.2 Å². The Hall–Kier alpha value is -2.21.